The Hall–Kier alpha value is -7.30. The molecule has 0 radical (unpaired) electrons. The molecule has 11 aromatic rings. The van der Waals surface area contributed by atoms with E-state index in [0.717, 1.165) is 39.1 Å². The molecular formula is C50H32N4. The van der Waals surface area contributed by atoms with Crippen LogP contribution in [-0.4, -0.2) is 19.1 Å². The van der Waals surface area contributed by atoms with Crippen molar-refractivity contribution < 1.29 is 0 Å². The Labute approximate surface area is 311 Å². The van der Waals surface area contributed by atoms with Crippen molar-refractivity contribution in [3.05, 3.63) is 194 Å². The Morgan fingerprint density at radius 2 is 1.02 bits per heavy atom. The van der Waals surface area contributed by atoms with Crippen LogP contribution in [0, 0.1) is 0 Å². The normalized spacial score (nSPS) is 11.7. The maximum atomic E-state index is 5.25. The SMILES string of the molecule is c1ccc(-c2ccc3cc(-c4nc(-c5ccc(-n6c7ccccc7c7cc8ccn(-c9ccccc9)c8cc76)cc5)nc5ccccc45)ccc3c2)cc1. The molecule has 0 atom stereocenters. The van der Waals surface area contributed by atoms with E-state index in [0.29, 0.717) is 5.82 Å². The molecule has 0 saturated carbocycles. The zero-order chi connectivity index (χ0) is 35.6. The average molecular weight is 689 g/mol. The molecule has 0 aliphatic carbocycles. The fraction of sp³-hybridized carbons (Fsp3) is 0. The summed E-state index contributed by atoms with van der Waals surface area (Å²) in [5.41, 5.74) is 12.1. The summed E-state index contributed by atoms with van der Waals surface area (Å²) in [6, 6.07) is 66.9. The minimum Gasteiger partial charge on any atom is -0.316 e. The monoisotopic (exact) mass is 688 g/mol. The maximum absolute atomic E-state index is 5.25. The van der Waals surface area contributed by atoms with Crippen molar-refractivity contribution in [3.8, 4) is 45.1 Å². The van der Waals surface area contributed by atoms with Crippen molar-refractivity contribution in [1.82, 2.24) is 19.1 Å². The quantitative estimate of drug-likeness (QED) is 0.180. The van der Waals surface area contributed by atoms with Crippen molar-refractivity contribution >= 4 is 54.4 Å². The summed E-state index contributed by atoms with van der Waals surface area (Å²) in [7, 11) is 0. The zero-order valence-corrected chi connectivity index (χ0v) is 29.3. The number of nitrogens with zero attached hydrogens (tertiary/aromatic N) is 4. The molecule has 0 N–H and O–H groups in total. The molecular weight excluding hydrogens is 657 g/mol. The fourth-order valence-electron chi connectivity index (χ4n) is 8.08. The van der Waals surface area contributed by atoms with Crippen LogP contribution >= 0.6 is 0 Å². The lowest BCUT2D eigenvalue weighted by Gasteiger charge is -2.12. The first-order valence-electron chi connectivity index (χ1n) is 18.3. The van der Waals surface area contributed by atoms with E-state index in [1.54, 1.807) is 0 Å². The van der Waals surface area contributed by atoms with Crippen molar-refractivity contribution in [2.24, 2.45) is 0 Å². The minimum absolute atomic E-state index is 0.708. The smallest absolute Gasteiger partial charge is 0.160 e. The summed E-state index contributed by atoms with van der Waals surface area (Å²) in [5, 5.41) is 7.11. The van der Waals surface area contributed by atoms with Crippen molar-refractivity contribution in [2.45, 2.75) is 0 Å². The Bertz CT molecular complexity index is 3190. The van der Waals surface area contributed by atoms with Gasteiger partial charge in [0.2, 0.25) is 0 Å². The van der Waals surface area contributed by atoms with Gasteiger partial charge in [-0.1, -0.05) is 109 Å². The molecule has 0 fully saturated rings. The van der Waals surface area contributed by atoms with E-state index in [1.165, 1.54) is 54.6 Å². The van der Waals surface area contributed by atoms with E-state index in [1.807, 2.05) is 6.07 Å². The minimum atomic E-state index is 0.708. The summed E-state index contributed by atoms with van der Waals surface area (Å²) in [4.78, 5) is 10.3. The third kappa shape index (κ3) is 4.92. The molecule has 4 heteroatoms. The Morgan fingerprint density at radius 3 is 1.83 bits per heavy atom. The lowest BCUT2D eigenvalue weighted by molar-refractivity contribution is 1.12. The molecule has 3 heterocycles. The van der Waals surface area contributed by atoms with Gasteiger partial charge in [0.1, 0.15) is 0 Å². The molecule has 0 spiro atoms. The van der Waals surface area contributed by atoms with E-state index >= 15 is 0 Å². The molecule has 0 aliphatic heterocycles. The first-order valence-corrected chi connectivity index (χ1v) is 18.3. The first kappa shape index (κ1) is 30.3. The summed E-state index contributed by atoms with van der Waals surface area (Å²) in [6.07, 6.45) is 2.16. The molecule has 4 nitrogen and oxygen atoms in total. The van der Waals surface area contributed by atoms with E-state index < -0.39 is 0 Å². The van der Waals surface area contributed by atoms with Crippen LogP contribution in [0.3, 0.4) is 0 Å². The largest absolute Gasteiger partial charge is 0.316 e. The topological polar surface area (TPSA) is 35.6 Å². The number of aromatic nitrogens is 4. The summed E-state index contributed by atoms with van der Waals surface area (Å²) < 4.78 is 4.65. The van der Waals surface area contributed by atoms with Gasteiger partial charge in [-0.05, 0) is 101 Å². The second-order valence-corrected chi connectivity index (χ2v) is 13.9. The van der Waals surface area contributed by atoms with Crippen molar-refractivity contribution in [3.63, 3.8) is 0 Å². The number of hydrogen-bond acceptors (Lipinski definition) is 2. The van der Waals surface area contributed by atoms with Crippen molar-refractivity contribution in [1.29, 1.82) is 0 Å². The van der Waals surface area contributed by atoms with Crippen LogP contribution in [-0.2, 0) is 0 Å². The summed E-state index contributed by atoms with van der Waals surface area (Å²) in [6.45, 7) is 0. The predicted octanol–water partition coefficient (Wildman–Crippen LogP) is 12.8. The van der Waals surface area contributed by atoms with Gasteiger partial charge in [-0.25, -0.2) is 9.97 Å². The maximum Gasteiger partial charge on any atom is 0.160 e. The highest BCUT2D eigenvalue weighted by Gasteiger charge is 2.17. The van der Waals surface area contributed by atoms with Crippen LogP contribution in [0.25, 0.3) is 99.5 Å². The highest BCUT2D eigenvalue weighted by molar-refractivity contribution is 6.13. The van der Waals surface area contributed by atoms with E-state index in [-0.39, 0.29) is 0 Å². The highest BCUT2D eigenvalue weighted by atomic mass is 15.0. The molecule has 3 aromatic heterocycles. The molecule has 0 unspecified atom stereocenters. The lowest BCUT2D eigenvalue weighted by atomic mass is 9.98. The summed E-state index contributed by atoms with van der Waals surface area (Å²) in [5.74, 6) is 0.708. The number of hydrogen-bond donors (Lipinski definition) is 0. The van der Waals surface area contributed by atoms with Gasteiger partial charge in [-0.15, -0.1) is 0 Å². The number of para-hydroxylation sites is 3. The molecule has 8 aromatic carbocycles. The van der Waals surface area contributed by atoms with Crippen LogP contribution in [0.1, 0.15) is 0 Å². The predicted molar refractivity (Wildman–Crippen MR) is 225 cm³/mol. The molecule has 0 bridgehead atoms. The standard InChI is InChI=1S/C50H32N4/c1-3-11-33(12-4-1)35-19-20-37-30-39(22-21-36(37)29-35)49-43-16-7-9-17-45(43)51-50(52-49)34-23-25-41(26-24-34)54-46-18-10-8-15-42(46)44-31-38-27-28-53(47(38)32-48(44)54)40-13-5-2-6-14-40/h1-32H. The first-order chi connectivity index (χ1) is 26.7. The zero-order valence-electron chi connectivity index (χ0n) is 29.3. The average Bonchev–Trinajstić information content (AvgIpc) is 3.81. The second-order valence-electron chi connectivity index (χ2n) is 13.9. The molecule has 252 valence electrons. The van der Waals surface area contributed by atoms with Gasteiger partial charge in [-0.2, -0.15) is 0 Å². The van der Waals surface area contributed by atoms with Gasteiger partial charge in [0.25, 0.3) is 0 Å². The third-order valence-electron chi connectivity index (χ3n) is 10.7. The third-order valence-corrected chi connectivity index (χ3v) is 10.7. The molecule has 54 heavy (non-hydrogen) atoms. The molecule has 0 aliphatic rings. The highest BCUT2D eigenvalue weighted by Crippen LogP contribution is 2.37. The van der Waals surface area contributed by atoms with Gasteiger partial charge in [-0.3, -0.25) is 0 Å². The van der Waals surface area contributed by atoms with Gasteiger partial charge >= 0.3 is 0 Å². The fourth-order valence-corrected chi connectivity index (χ4v) is 8.08. The van der Waals surface area contributed by atoms with Crippen LogP contribution in [0.4, 0.5) is 0 Å². The van der Waals surface area contributed by atoms with Gasteiger partial charge in [0.05, 0.1) is 27.8 Å². The van der Waals surface area contributed by atoms with Crippen LogP contribution in [0.2, 0.25) is 0 Å². The number of benzene rings is 8. The Kier molecular flexibility index (Phi) is 6.82. The number of fused-ring (bicyclic) bond motifs is 6. The van der Waals surface area contributed by atoms with Gasteiger partial charge in [0.15, 0.2) is 5.82 Å². The van der Waals surface area contributed by atoms with Gasteiger partial charge in [0, 0.05) is 50.2 Å². The Balaban J connectivity index is 1.02. The second kappa shape index (κ2) is 12.1. The van der Waals surface area contributed by atoms with Gasteiger partial charge < -0.3 is 9.13 Å². The number of rotatable bonds is 5. The summed E-state index contributed by atoms with van der Waals surface area (Å²) >= 11 is 0. The van der Waals surface area contributed by atoms with E-state index in [2.05, 4.69) is 197 Å². The van der Waals surface area contributed by atoms with Crippen LogP contribution in [0.5, 0.6) is 0 Å². The molecule has 0 amide bonds. The lowest BCUT2D eigenvalue weighted by Crippen LogP contribution is -1.97. The van der Waals surface area contributed by atoms with E-state index in [9.17, 15) is 0 Å². The Morgan fingerprint density at radius 1 is 0.352 bits per heavy atom. The molecule has 11 rings (SSSR count). The van der Waals surface area contributed by atoms with E-state index in [4.69, 9.17) is 9.97 Å². The molecule has 0 saturated heterocycles. The van der Waals surface area contributed by atoms with Crippen LogP contribution in [0.15, 0.2) is 194 Å². The van der Waals surface area contributed by atoms with Crippen LogP contribution < -0.4 is 0 Å². The van der Waals surface area contributed by atoms with Crippen molar-refractivity contribution in [2.75, 3.05) is 0 Å².